The van der Waals surface area contributed by atoms with Crippen LogP contribution in [0.5, 0.6) is 23.0 Å². The Kier molecular flexibility index (Phi) is 10.6. The molecule has 272 valence electrons. The fourth-order valence-corrected chi connectivity index (χ4v) is 6.75. The second-order valence-electron chi connectivity index (χ2n) is 12.5. The maximum absolute atomic E-state index is 11.9. The minimum atomic E-state index is -1.62. The second-order valence-corrected chi connectivity index (χ2v) is 12.5. The van der Waals surface area contributed by atoms with E-state index in [4.69, 9.17) is 37.9 Å². The summed E-state index contributed by atoms with van der Waals surface area (Å²) in [6.07, 6.45) is -16.2. The molecule has 2 aromatic carbocycles. The van der Waals surface area contributed by atoms with Gasteiger partial charge in [0.1, 0.15) is 60.5 Å². The molecule has 4 fully saturated rings. The van der Waals surface area contributed by atoms with E-state index in [2.05, 4.69) is 0 Å². The lowest BCUT2D eigenvalue weighted by Gasteiger charge is -2.39. The fourth-order valence-electron chi connectivity index (χ4n) is 6.75. The molecule has 17 nitrogen and oxygen atoms in total. The molecule has 14 atom stereocenters. The number of ether oxygens (including phenoxy) is 8. The predicted octanol–water partition coefficient (Wildman–Crippen LogP) is -2.75. The van der Waals surface area contributed by atoms with E-state index in [0.29, 0.717) is 11.1 Å². The molecule has 49 heavy (non-hydrogen) atoms. The minimum Gasteiger partial charge on any atom is -0.493 e. The van der Waals surface area contributed by atoms with Gasteiger partial charge < -0.3 is 83.9 Å². The predicted molar refractivity (Wildman–Crippen MR) is 161 cm³/mol. The molecule has 0 aliphatic carbocycles. The molecule has 2 aromatic rings. The molecule has 6 rings (SSSR count). The Balaban J connectivity index is 1.17. The summed E-state index contributed by atoms with van der Waals surface area (Å²) >= 11 is 0. The number of aliphatic hydroxyl groups is 9. The first-order valence-electron chi connectivity index (χ1n) is 15.7. The van der Waals surface area contributed by atoms with Crippen LogP contribution in [0.15, 0.2) is 36.4 Å². The first-order valence-corrected chi connectivity index (χ1v) is 15.7. The fraction of sp³-hybridized carbons (Fsp3) is 0.625. The van der Waals surface area contributed by atoms with Gasteiger partial charge in [-0.05, 0) is 35.4 Å². The van der Waals surface area contributed by atoms with Crippen molar-refractivity contribution >= 4 is 0 Å². The van der Waals surface area contributed by atoms with Crippen LogP contribution >= 0.6 is 0 Å². The molecule has 0 aromatic heterocycles. The molecule has 0 amide bonds. The van der Waals surface area contributed by atoms with Crippen LogP contribution in [0.1, 0.15) is 23.3 Å². The largest absolute Gasteiger partial charge is 0.493 e. The van der Waals surface area contributed by atoms with Gasteiger partial charge in [0, 0.05) is 5.92 Å². The number of fused-ring (bicyclic) bond motifs is 1. The van der Waals surface area contributed by atoms with Crippen molar-refractivity contribution in [3.63, 3.8) is 0 Å². The Morgan fingerprint density at radius 2 is 1.14 bits per heavy atom. The zero-order valence-electron chi connectivity index (χ0n) is 26.6. The van der Waals surface area contributed by atoms with Gasteiger partial charge >= 0.3 is 0 Å². The van der Waals surface area contributed by atoms with Gasteiger partial charge in [-0.1, -0.05) is 12.1 Å². The highest BCUT2D eigenvalue weighted by Crippen LogP contribution is 2.54. The Labute approximate surface area is 280 Å². The molecule has 17 heteroatoms. The number of methoxy groups -OCH3 is 2. The number of benzene rings is 2. The second kappa shape index (κ2) is 14.4. The topological polar surface area (TPSA) is 256 Å². The van der Waals surface area contributed by atoms with Gasteiger partial charge in [-0.25, -0.2) is 0 Å². The van der Waals surface area contributed by atoms with E-state index in [0.717, 1.165) is 0 Å². The van der Waals surface area contributed by atoms with Gasteiger partial charge in [-0.15, -0.1) is 0 Å². The molecule has 4 unspecified atom stereocenters. The third kappa shape index (κ3) is 6.44. The standard InChI is InChI=1S/C32H42O17/c1-42-18-7-13(3-5-16(18)46-30-26(39)24(37)22(35)20(9-33)48-30)28-15-11-44-29(32(15,41)12-45-28)14-4-6-17(19(8-14)43-2)47-31-27(40)25(38)23(36)21(10-34)49-31/h3-8,15,20-31,33-41H,9-12H2,1-2H3/t15?,20-,21-,22-,23-,24+,25+,26-,27-,28?,29?,30-,31-,32?/m1/s1. The lowest BCUT2D eigenvalue weighted by molar-refractivity contribution is -0.277. The van der Waals surface area contributed by atoms with Gasteiger partial charge in [0.25, 0.3) is 0 Å². The van der Waals surface area contributed by atoms with Crippen molar-refractivity contribution in [3.05, 3.63) is 47.5 Å². The zero-order valence-corrected chi connectivity index (χ0v) is 26.6. The maximum Gasteiger partial charge on any atom is 0.229 e. The number of hydrogen-bond donors (Lipinski definition) is 9. The van der Waals surface area contributed by atoms with E-state index in [9.17, 15) is 46.0 Å². The van der Waals surface area contributed by atoms with E-state index in [-0.39, 0.29) is 36.2 Å². The molecule has 4 aliphatic heterocycles. The van der Waals surface area contributed by atoms with Gasteiger partial charge in [-0.2, -0.15) is 0 Å². The highest BCUT2D eigenvalue weighted by Gasteiger charge is 2.59. The van der Waals surface area contributed by atoms with Gasteiger partial charge in [0.15, 0.2) is 23.0 Å². The molecule has 0 spiro atoms. The monoisotopic (exact) mass is 698 g/mol. The van der Waals surface area contributed by atoms with Crippen molar-refractivity contribution in [2.75, 3.05) is 40.6 Å². The summed E-state index contributed by atoms with van der Waals surface area (Å²) < 4.78 is 45.7. The molecule has 0 saturated carbocycles. The van der Waals surface area contributed by atoms with Crippen molar-refractivity contribution < 1.29 is 83.9 Å². The van der Waals surface area contributed by atoms with Gasteiger partial charge in [0.2, 0.25) is 12.6 Å². The summed E-state index contributed by atoms with van der Waals surface area (Å²) in [6.45, 7) is -1.18. The average molecular weight is 699 g/mol. The maximum atomic E-state index is 11.9. The van der Waals surface area contributed by atoms with Crippen LogP contribution < -0.4 is 18.9 Å². The molecular weight excluding hydrogens is 656 g/mol. The minimum absolute atomic E-state index is 0.0795. The number of rotatable bonds is 10. The Morgan fingerprint density at radius 3 is 1.63 bits per heavy atom. The SMILES string of the molecule is COc1cc(C2OCC3(O)C(c4ccc(O[C@@H]5O[C@H](CO)[C@@H](O)[C@H](O)[C@H]5O)c(OC)c4)OCC23)ccc1O[C@@H]1O[C@H](CO)[C@@H](O)[C@H](O)[C@H]1O. The number of hydrogen-bond acceptors (Lipinski definition) is 17. The van der Waals surface area contributed by atoms with Crippen LogP contribution in [0.2, 0.25) is 0 Å². The quantitative estimate of drug-likeness (QED) is 0.122. The first-order chi connectivity index (χ1) is 23.4. The summed E-state index contributed by atoms with van der Waals surface area (Å²) in [5, 5.41) is 92.0. The highest BCUT2D eigenvalue weighted by atomic mass is 16.7. The number of aliphatic hydroxyl groups excluding tert-OH is 8. The highest BCUT2D eigenvalue weighted by molar-refractivity contribution is 5.46. The van der Waals surface area contributed by atoms with Crippen molar-refractivity contribution in [2.24, 2.45) is 5.92 Å². The lowest BCUT2D eigenvalue weighted by atomic mass is 9.81. The summed E-state index contributed by atoms with van der Waals surface area (Å²) in [5.74, 6) is 0.165. The van der Waals surface area contributed by atoms with Crippen LogP contribution in [0.4, 0.5) is 0 Å². The lowest BCUT2D eigenvalue weighted by Crippen LogP contribution is -2.60. The molecule has 9 N–H and O–H groups in total. The summed E-state index contributed by atoms with van der Waals surface area (Å²) in [7, 11) is 2.79. The van der Waals surface area contributed by atoms with Gasteiger partial charge in [-0.3, -0.25) is 0 Å². The van der Waals surface area contributed by atoms with Crippen molar-refractivity contribution in [1.82, 2.24) is 0 Å². The summed E-state index contributed by atoms with van der Waals surface area (Å²) in [6, 6.07) is 9.60. The van der Waals surface area contributed by atoms with Crippen LogP contribution in [0.25, 0.3) is 0 Å². The summed E-state index contributed by atoms with van der Waals surface area (Å²) in [4.78, 5) is 0. The molecule has 4 heterocycles. The average Bonchev–Trinajstić information content (AvgIpc) is 3.63. The van der Waals surface area contributed by atoms with Crippen LogP contribution in [0, 0.1) is 5.92 Å². The van der Waals surface area contributed by atoms with Crippen LogP contribution in [-0.4, -0.2) is 154 Å². The Hall–Kier alpha value is -2.88. The van der Waals surface area contributed by atoms with Crippen molar-refractivity contribution in [3.8, 4) is 23.0 Å². The third-order valence-electron chi connectivity index (χ3n) is 9.59. The Bertz CT molecular complexity index is 1440. The normalized spacial score (nSPS) is 40.5. The van der Waals surface area contributed by atoms with Crippen molar-refractivity contribution in [1.29, 1.82) is 0 Å². The molecule has 0 radical (unpaired) electrons. The zero-order chi connectivity index (χ0) is 35.2. The molecule has 4 aliphatic rings. The first kappa shape index (κ1) is 35.9. The van der Waals surface area contributed by atoms with E-state index in [1.165, 1.54) is 20.3 Å². The van der Waals surface area contributed by atoms with E-state index in [1.54, 1.807) is 30.3 Å². The molecular formula is C32H42O17. The van der Waals surface area contributed by atoms with Crippen LogP contribution in [0.3, 0.4) is 0 Å². The van der Waals surface area contributed by atoms with Gasteiger partial charge in [0.05, 0.1) is 46.8 Å². The smallest absolute Gasteiger partial charge is 0.229 e. The molecule has 0 bridgehead atoms. The van der Waals surface area contributed by atoms with E-state index >= 15 is 0 Å². The van der Waals surface area contributed by atoms with E-state index < -0.39 is 98.4 Å². The Morgan fingerprint density at radius 1 is 0.653 bits per heavy atom. The van der Waals surface area contributed by atoms with E-state index in [1.807, 2.05) is 0 Å². The van der Waals surface area contributed by atoms with Crippen LogP contribution in [-0.2, 0) is 18.9 Å². The van der Waals surface area contributed by atoms with Crippen molar-refractivity contribution in [2.45, 2.75) is 79.2 Å². The molecule has 4 saturated heterocycles. The summed E-state index contributed by atoms with van der Waals surface area (Å²) in [5.41, 5.74) is -0.300. The third-order valence-corrected chi connectivity index (χ3v) is 9.59.